The van der Waals surface area contributed by atoms with E-state index in [1.165, 1.54) is 36.4 Å². The van der Waals surface area contributed by atoms with E-state index in [2.05, 4.69) is 18.8 Å². The van der Waals surface area contributed by atoms with Crippen molar-refractivity contribution in [3.8, 4) is 17.6 Å². The third-order valence-corrected chi connectivity index (χ3v) is 6.07. The predicted molar refractivity (Wildman–Crippen MR) is 135 cm³/mol. The number of fused-ring (bicyclic) bond motifs is 1. The Morgan fingerprint density at radius 2 is 1.54 bits per heavy atom. The van der Waals surface area contributed by atoms with Gasteiger partial charge in [-0.25, -0.2) is 22.0 Å². The number of benzene rings is 4. The summed E-state index contributed by atoms with van der Waals surface area (Å²) in [5.41, 5.74) is 1.76. The second kappa shape index (κ2) is 11.9. The number of ether oxygens (including phenoxy) is 1. The molecule has 0 aromatic heterocycles. The highest BCUT2D eigenvalue weighted by Crippen LogP contribution is 2.24. The fourth-order valence-electron chi connectivity index (χ4n) is 3.98. The number of aryl methyl sites for hydroxylation is 2. The molecule has 0 unspecified atom stereocenters. The maximum Gasteiger partial charge on any atom is 0.195 e. The van der Waals surface area contributed by atoms with E-state index in [0.29, 0.717) is 41.9 Å². The number of rotatable bonds is 8. The molecule has 4 aromatic carbocycles. The zero-order valence-electron chi connectivity index (χ0n) is 20.3. The first-order valence-electron chi connectivity index (χ1n) is 12.1. The van der Waals surface area contributed by atoms with E-state index in [-0.39, 0.29) is 22.2 Å². The van der Waals surface area contributed by atoms with Gasteiger partial charge in [-0.3, -0.25) is 0 Å². The second-order valence-corrected chi connectivity index (χ2v) is 8.80. The third kappa shape index (κ3) is 6.48. The maximum absolute atomic E-state index is 14.7. The quantitative estimate of drug-likeness (QED) is 0.101. The van der Waals surface area contributed by atoms with Gasteiger partial charge in [0.2, 0.25) is 0 Å². The van der Waals surface area contributed by atoms with Crippen LogP contribution in [0.1, 0.15) is 48.4 Å². The Kier molecular flexibility index (Phi) is 8.45. The molecule has 0 saturated heterocycles. The average molecular weight is 509 g/mol. The number of hydrogen-bond acceptors (Lipinski definition) is 1. The highest BCUT2D eigenvalue weighted by atomic mass is 19.2. The lowest BCUT2D eigenvalue weighted by molar-refractivity contribution is 0.304. The molecule has 0 amide bonds. The monoisotopic (exact) mass is 508 g/mol. The summed E-state index contributed by atoms with van der Waals surface area (Å²) in [5, 5.41) is 0.0906. The van der Waals surface area contributed by atoms with Crippen molar-refractivity contribution < 1.29 is 26.7 Å². The molecule has 37 heavy (non-hydrogen) atoms. The van der Waals surface area contributed by atoms with Crippen molar-refractivity contribution in [3.63, 3.8) is 0 Å². The van der Waals surface area contributed by atoms with Gasteiger partial charge in [0.25, 0.3) is 0 Å². The highest BCUT2D eigenvalue weighted by molar-refractivity contribution is 5.84. The van der Waals surface area contributed by atoms with E-state index in [0.717, 1.165) is 25.3 Å². The van der Waals surface area contributed by atoms with Crippen molar-refractivity contribution in [2.75, 3.05) is 6.61 Å². The van der Waals surface area contributed by atoms with E-state index < -0.39 is 23.3 Å². The smallest absolute Gasteiger partial charge is 0.195 e. The predicted octanol–water partition coefficient (Wildman–Crippen LogP) is 8.29. The van der Waals surface area contributed by atoms with Crippen molar-refractivity contribution in [3.05, 3.63) is 112 Å². The van der Waals surface area contributed by atoms with E-state index >= 15 is 0 Å². The van der Waals surface area contributed by atoms with Crippen molar-refractivity contribution in [1.82, 2.24) is 0 Å². The first-order chi connectivity index (χ1) is 17.9. The summed E-state index contributed by atoms with van der Waals surface area (Å²) in [6, 6.07) is 14.5. The van der Waals surface area contributed by atoms with Gasteiger partial charge in [-0.05, 0) is 72.2 Å². The molecule has 6 heteroatoms. The molecule has 0 saturated carbocycles. The van der Waals surface area contributed by atoms with Gasteiger partial charge in [-0.15, -0.1) is 0 Å². The van der Waals surface area contributed by atoms with Gasteiger partial charge < -0.3 is 4.74 Å². The van der Waals surface area contributed by atoms with Crippen LogP contribution in [0.4, 0.5) is 22.0 Å². The molecule has 190 valence electrons. The summed E-state index contributed by atoms with van der Waals surface area (Å²) in [4.78, 5) is 0. The van der Waals surface area contributed by atoms with Gasteiger partial charge in [0.15, 0.2) is 17.5 Å². The van der Waals surface area contributed by atoms with Gasteiger partial charge in [0, 0.05) is 17.0 Å². The molecule has 1 nitrogen and oxygen atoms in total. The zero-order valence-corrected chi connectivity index (χ0v) is 20.3. The van der Waals surface area contributed by atoms with Gasteiger partial charge >= 0.3 is 0 Å². The standard InChI is InChI=1S/C31H25F5O/c1-2-3-4-15-37-25-13-12-23(28(33)19-25)11-7-21-6-10-22(27(32)17-21)9-5-20-8-14-26-24(16-20)18-29(34)31(36)30(26)35/h6,8,10,12-14,16-19H,2-4,7,11,15H2,1H3. The summed E-state index contributed by atoms with van der Waals surface area (Å²) in [7, 11) is 0. The van der Waals surface area contributed by atoms with Gasteiger partial charge in [0.1, 0.15) is 17.4 Å². The fourth-order valence-corrected chi connectivity index (χ4v) is 3.98. The highest BCUT2D eigenvalue weighted by Gasteiger charge is 2.13. The SMILES string of the molecule is CCCCCOc1ccc(CCc2ccc(C#Cc3ccc4c(F)c(F)c(F)cc4c3)c(F)c2)c(F)c1. The maximum atomic E-state index is 14.7. The molecular weight excluding hydrogens is 483 g/mol. The Morgan fingerprint density at radius 3 is 2.30 bits per heavy atom. The van der Waals surface area contributed by atoms with Crippen LogP contribution in [0.3, 0.4) is 0 Å². The van der Waals surface area contributed by atoms with Gasteiger partial charge in [-0.1, -0.05) is 49.8 Å². The summed E-state index contributed by atoms with van der Waals surface area (Å²) < 4.78 is 75.5. The average Bonchev–Trinajstić information content (AvgIpc) is 2.88. The van der Waals surface area contributed by atoms with Gasteiger partial charge in [-0.2, -0.15) is 0 Å². The number of hydrogen-bond donors (Lipinski definition) is 0. The zero-order chi connectivity index (χ0) is 26.4. The van der Waals surface area contributed by atoms with E-state index in [4.69, 9.17) is 4.74 Å². The topological polar surface area (TPSA) is 9.23 Å². The summed E-state index contributed by atoms with van der Waals surface area (Å²) in [6.45, 7) is 2.66. The summed E-state index contributed by atoms with van der Waals surface area (Å²) in [5.74, 6) is 1.03. The van der Waals surface area contributed by atoms with Crippen molar-refractivity contribution in [2.45, 2.75) is 39.0 Å². The Bertz CT molecular complexity index is 1480. The minimum Gasteiger partial charge on any atom is -0.493 e. The molecule has 0 spiro atoms. The third-order valence-electron chi connectivity index (χ3n) is 6.07. The largest absolute Gasteiger partial charge is 0.493 e. The molecule has 0 radical (unpaired) electrons. The Hall–Kier alpha value is -3.85. The first kappa shape index (κ1) is 26.2. The van der Waals surface area contributed by atoms with Crippen LogP contribution in [0, 0.1) is 40.9 Å². The normalized spacial score (nSPS) is 10.9. The molecule has 0 fully saturated rings. The molecular formula is C31H25F5O. The molecule has 0 bridgehead atoms. The van der Waals surface area contributed by atoms with Crippen LogP contribution in [0.25, 0.3) is 10.8 Å². The van der Waals surface area contributed by atoms with Crippen LogP contribution in [-0.4, -0.2) is 6.61 Å². The Morgan fingerprint density at radius 1 is 0.703 bits per heavy atom. The van der Waals surface area contributed by atoms with E-state index in [1.807, 2.05) is 0 Å². The molecule has 0 aliphatic heterocycles. The van der Waals surface area contributed by atoms with Gasteiger partial charge in [0.05, 0.1) is 12.2 Å². The van der Waals surface area contributed by atoms with Crippen molar-refractivity contribution >= 4 is 10.8 Å². The lowest BCUT2D eigenvalue weighted by Crippen LogP contribution is -2.00. The lowest BCUT2D eigenvalue weighted by Gasteiger charge is -2.09. The summed E-state index contributed by atoms with van der Waals surface area (Å²) in [6.07, 6.45) is 3.92. The molecule has 0 N–H and O–H groups in total. The number of unbranched alkanes of at least 4 members (excludes halogenated alkanes) is 2. The molecule has 0 atom stereocenters. The van der Waals surface area contributed by atoms with Crippen LogP contribution in [0.5, 0.6) is 5.75 Å². The minimum atomic E-state index is -1.53. The Balaban J connectivity index is 1.41. The van der Waals surface area contributed by atoms with Crippen molar-refractivity contribution in [2.24, 2.45) is 0 Å². The minimum absolute atomic E-state index is 0.0643. The molecule has 0 heterocycles. The Labute approximate surface area is 212 Å². The van der Waals surface area contributed by atoms with E-state index in [9.17, 15) is 22.0 Å². The van der Waals surface area contributed by atoms with Crippen LogP contribution in [0.15, 0.2) is 60.7 Å². The number of halogens is 5. The first-order valence-corrected chi connectivity index (χ1v) is 12.1. The molecule has 4 rings (SSSR count). The van der Waals surface area contributed by atoms with Crippen LogP contribution in [-0.2, 0) is 12.8 Å². The van der Waals surface area contributed by atoms with E-state index in [1.54, 1.807) is 18.2 Å². The second-order valence-electron chi connectivity index (χ2n) is 8.80. The fraction of sp³-hybridized carbons (Fsp3) is 0.226. The lowest BCUT2D eigenvalue weighted by atomic mass is 10.0. The molecule has 0 aliphatic rings. The van der Waals surface area contributed by atoms with Crippen molar-refractivity contribution in [1.29, 1.82) is 0 Å². The van der Waals surface area contributed by atoms with Crippen LogP contribution < -0.4 is 4.74 Å². The van der Waals surface area contributed by atoms with Crippen LogP contribution in [0.2, 0.25) is 0 Å². The molecule has 4 aromatic rings. The summed E-state index contributed by atoms with van der Waals surface area (Å²) >= 11 is 0. The molecule has 0 aliphatic carbocycles. The van der Waals surface area contributed by atoms with Crippen LogP contribution >= 0.6 is 0 Å².